The first-order valence-electron chi connectivity index (χ1n) is 9.66. The largest absolute Gasteiger partial charge is 0.308 e. The number of para-hydroxylation sites is 1. The lowest BCUT2D eigenvalue weighted by molar-refractivity contribution is -0.118. The molecule has 2 atom stereocenters. The molecule has 2 aliphatic carbocycles. The topological polar surface area (TPSA) is 51.0 Å². The molecule has 0 spiro atoms. The van der Waals surface area contributed by atoms with Gasteiger partial charge < -0.3 is 9.47 Å². The van der Waals surface area contributed by atoms with E-state index in [0.29, 0.717) is 12.0 Å². The van der Waals surface area contributed by atoms with Gasteiger partial charge in [-0.25, -0.2) is 0 Å². The molecule has 0 saturated heterocycles. The fourth-order valence-electron chi connectivity index (χ4n) is 3.97. The zero-order chi connectivity index (χ0) is 17.8. The Hall–Kier alpha value is -1.82. The molecule has 5 nitrogen and oxygen atoms in total. The third kappa shape index (κ3) is 2.75. The average molecular weight is 369 g/mol. The highest BCUT2D eigenvalue weighted by molar-refractivity contribution is 8.00. The van der Waals surface area contributed by atoms with E-state index in [1.165, 1.54) is 31.2 Å². The van der Waals surface area contributed by atoms with Crippen LogP contribution in [-0.2, 0) is 11.2 Å². The second-order valence-corrected chi connectivity index (χ2v) is 9.17. The molecule has 2 fully saturated rings. The number of hydrogen-bond acceptors (Lipinski definition) is 4. The van der Waals surface area contributed by atoms with E-state index in [-0.39, 0.29) is 17.2 Å². The van der Waals surface area contributed by atoms with Gasteiger partial charge in [0, 0.05) is 23.7 Å². The maximum atomic E-state index is 13.2. The summed E-state index contributed by atoms with van der Waals surface area (Å²) in [6.07, 6.45) is 5.82. The van der Waals surface area contributed by atoms with Crippen molar-refractivity contribution in [1.29, 1.82) is 0 Å². The molecule has 2 heterocycles. The van der Waals surface area contributed by atoms with Gasteiger partial charge in [-0.3, -0.25) is 4.79 Å². The first-order valence-corrected chi connectivity index (χ1v) is 10.5. The number of fused-ring (bicyclic) bond motifs is 1. The van der Waals surface area contributed by atoms with Gasteiger partial charge in [-0.1, -0.05) is 30.0 Å². The van der Waals surface area contributed by atoms with E-state index < -0.39 is 0 Å². The molecule has 2 saturated carbocycles. The number of amides is 1. The number of carbonyl (C=O) groups excluding carboxylic acids is 1. The van der Waals surface area contributed by atoms with Crippen molar-refractivity contribution >= 4 is 23.4 Å². The average Bonchev–Trinajstić information content (AvgIpc) is 3.56. The first-order chi connectivity index (χ1) is 12.6. The van der Waals surface area contributed by atoms with Crippen molar-refractivity contribution in [3.05, 3.63) is 35.7 Å². The fraction of sp³-hybridized carbons (Fsp3) is 0.550. The highest BCUT2D eigenvalue weighted by Crippen LogP contribution is 2.46. The van der Waals surface area contributed by atoms with Gasteiger partial charge in [0.05, 0.1) is 5.25 Å². The van der Waals surface area contributed by atoms with E-state index in [1.54, 1.807) is 11.8 Å². The number of hydrogen-bond donors (Lipinski definition) is 0. The number of benzene rings is 1. The number of anilines is 1. The Balaban J connectivity index is 1.38. The van der Waals surface area contributed by atoms with E-state index in [4.69, 9.17) is 0 Å². The van der Waals surface area contributed by atoms with Crippen LogP contribution >= 0.6 is 11.8 Å². The van der Waals surface area contributed by atoms with Crippen LogP contribution in [0.5, 0.6) is 0 Å². The zero-order valence-electron chi connectivity index (χ0n) is 15.3. The summed E-state index contributed by atoms with van der Waals surface area (Å²) in [6, 6.07) is 9.02. The van der Waals surface area contributed by atoms with Crippen molar-refractivity contribution in [1.82, 2.24) is 14.8 Å². The van der Waals surface area contributed by atoms with Crippen molar-refractivity contribution in [2.45, 2.75) is 74.4 Å². The molecule has 0 unspecified atom stereocenters. The molecule has 1 aromatic carbocycles. The van der Waals surface area contributed by atoms with Crippen LogP contribution in [0.15, 0.2) is 29.4 Å². The lowest BCUT2D eigenvalue weighted by Crippen LogP contribution is -2.40. The Morgan fingerprint density at radius 3 is 2.69 bits per heavy atom. The second kappa shape index (κ2) is 6.12. The summed E-state index contributed by atoms with van der Waals surface area (Å²) in [4.78, 5) is 15.2. The third-order valence-electron chi connectivity index (χ3n) is 5.62. The molecule has 0 bridgehead atoms. The molecule has 6 heteroatoms. The molecular formula is C20H24N4OS. The van der Waals surface area contributed by atoms with Gasteiger partial charge in [0.1, 0.15) is 5.82 Å². The van der Waals surface area contributed by atoms with Gasteiger partial charge >= 0.3 is 0 Å². The summed E-state index contributed by atoms with van der Waals surface area (Å²) in [5.41, 5.74) is 2.34. The minimum atomic E-state index is -0.169. The molecule has 5 rings (SSSR count). The predicted octanol–water partition coefficient (Wildman–Crippen LogP) is 3.95. The van der Waals surface area contributed by atoms with E-state index in [9.17, 15) is 4.79 Å². The van der Waals surface area contributed by atoms with Gasteiger partial charge in [-0.05, 0) is 57.6 Å². The van der Waals surface area contributed by atoms with Crippen LogP contribution in [0.1, 0.15) is 62.9 Å². The minimum Gasteiger partial charge on any atom is -0.308 e. The van der Waals surface area contributed by atoms with Crippen molar-refractivity contribution in [2.24, 2.45) is 0 Å². The number of aromatic nitrogens is 3. The maximum Gasteiger partial charge on any atom is 0.240 e. The van der Waals surface area contributed by atoms with Crippen LogP contribution in [0.4, 0.5) is 5.69 Å². The van der Waals surface area contributed by atoms with E-state index in [0.717, 1.165) is 23.1 Å². The summed E-state index contributed by atoms with van der Waals surface area (Å²) in [7, 11) is 0. The molecule has 1 amide bonds. The Morgan fingerprint density at radius 2 is 1.96 bits per heavy atom. The molecular weight excluding hydrogens is 344 g/mol. The number of carbonyl (C=O) groups is 1. The zero-order valence-corrected chi connectivity index (χ0v) is 16.1. The van der Waals surface area contributed by atoms with Crippen LogP contribution in [0.2, 0.25) is 0 Å². The highest BCUT2D eigenvalue weighted by atomic mass is 32.2. The van der Waals surface area contributed by atoms with Crippen LogP contribution in [0.25, 0.3) is 0 Å². The van der Waals surface area contributed by atoms with Crippen LogP contribution in [0, 0.1) is 0 Å². The van der Waals surface area contributed by atoms with Crippen molar-refractivity contribution in [3.63, 3.8) is 0 Å². The molecule has 0 N–H and O–H groups in total. The van der Waals surface area contributed by atoms with Gasteiger partial charge in [-0.2, -0.15) is 0 Å². The van der Waals surface area contributed by atoms with Crippen molar-refractivity contribution < 1.29 is 4.79 Å². The van der Waals surface area contributed by atoms with E-state index >= 15 is 0 Å². The molecule has 0 radical (unpaired) electrons. The molecule has 26 heavy (non-hydrogen) atoms. The predicted molar refractivity (Wildman–Crippen MR) is 103 cm³/mol. The third-order valence-corrected chi connectivity index (χ3v) is 6.66. The van der Waals surface area contributed by atoms with Crippen LogP contribution in [-0.4, -0.2) is 32.0 Å². The number of thioether (sulfide) groups is 1. The van der Waals surface area contributed by atoms with Gasteiger partial charge in [0.2, 0.25) is 5.91 Å². The Labute approximate surface area is 158 Å². The van der Waals surface area contributed by atoms with E-state index in [2.05, 4.69) is 39.9 Å². The summed E-state index contributed by atoms with van der Waals surface area (Å²) in [5, 5.41) is 9.68. The van der Waals surface area contributed by atoms with E-state index in [1.807, 2.05) is 17.9 Å². The molecule has 136 valence electrons. The SMILES string of the molecule is C[C@@H]1Cc2ccccc2N1C(=O)[C@@H](C)Sc1nnc(C2CC2)n1C1CC1. The highest BCUT2D eigenvalue weighted by Gasteiger charge is 2.38. The smallest absolute Gasteiger partial charge is 0.240 e. The van der Waals surface area contributed by atoms with Gasteiger partial charge in [0.25, 0.3) is 0 Å². The summed E-state index contributed by atoms with van der Waals surface area (Å²) >= 11 is 1.57. The summed E-state index contributed by atoms with van der Waals surface area (Å²) < 4.78 is 2.33. The molecule has 3 aliphatic rings. The molecule has 2 aromatic rings. The molecule has 1 aromatic heterocycles. The monoisotopic (exact) mass is 368 g/mol. The quantitative estimate of drug-likeness (QED) is 0.750. The first kappa shape index (κ1) is 16.4. The van der Waals surface area contributed by atoms with Gasteiger partial charge in [0.15, 0.2) is 5.16 Å². The lowest BCUT2D eigenvalue weighted by Gasteiger charge is -2.25. The summed E-state index contributed by atoms with van der Waals surface area (Å²) in [5.74, 6) is 1.91. The second-order valence-electron chi connectivity index (χ2n) is 7.87. The normalized spacial score (nSPS) is 23.2. The Kier molecular flexibility index (Phi) is 3.85. The Morgan fingerprint density at radius 1 is 1.19 bits per heavy atom. The van der Waals surface area contributed by atoms with Gasteiger partial charge in [-0.15, -0.1) is 10.2 Å². The lowest BCUT2D eigenvalue weighted by atomic mass is 10.1. The standard InChI is InChI=1S/C20H24N4OS/c1-12-11-15-5-3-4-6-17(15)23(12)19(25)13(2)26-20-22-21-18(14-7-8-14)24(20)16-9-10-16/h3-6,12-14,16H,7-11H2,1-2H3/t12-,13-/m1/s1. The summed E-state index contributed by atoms with van der Waals surface area (Å²) in [6.45, 7) is 4.14. The van der Waals surface area contributed by atoms with Crippen molar-refractivity contribution in [3.8, 4) is 0 Å². The fourth-order valence-corrected chi connectivity index (χ4v) is 4.95. The maximum absolute atomic E-state index is 13.2. The van der Waals surface area contributed by atoms with Crippen molar-refractivity contribution in [2.75, 3.05) is 4.90 Å². The van der Waals surface area contributed by atoms with Crippen LogP contribution < -0.4 is 4.90 Å². The Bertz CT molecular complexity index is 855. The number of rotatable bonds is 5. The molecule has 1 aliphatic heterocycles. The number of nitrogens with zero attached hydrogens (tertiary/aromatic N) is 4. The van der Waals surface area contributed by atoms with Crippen LogP contribution in [0.3, 0.4) is 0 Å². The minimum absolute atomic E-state index is 0.169.